The van der Waals surface area contributed by atoms with E-state index in [2.05, 4.69) is 25.2 Å². The Morgan fingerprint density at radius 2 is 0.986 bits per heavy atom. The minimum Gasteiger partial charge on any atom is -0.493 e. The molecule has 2 saturated heterocycles. The number of nitrogens with two attached hydrogens (primary N) is 2. The van der Waals surface area contributed by atoms with Crippen molar-refractivity contribution in [2.45, 2.75) is 45.1 Å². The molecule has 364 valence electrons. The van der Waals surface area contributed by atoms with E-state index in [1.54, 1.807) is 64.8 Å². The average Bonchev–Trinajstić information content (AvgIpc) is 3.39. The lowest BCUT2D eigenvalue weighted by molar-refractivity contribution is -0.150. The molecule has 0 radical (unpaired) electrons. The summed E-state index contributed by atoms with van der Waals surface area (Å²) in [7, 11) is 6.27. The number of anilines is 4. The monoisotopic (exact) mass is 951 g/mol. The van der Waals surface area contributed by atoms with Crippen molar-refractivity contribution < 1.29 is 38.0 Å². The van der Waals surface area contributed by atoms with Crippen molar-refractivity contribution in [3.63, 3.8) is 0 Å². The second-order valence-corrected chi connectivity index (χ2v) is 17.7. The lowest BCUT2D eigenvalue weighted by Gasteiger charge is -2.41. The number of methoxy groups -OCH3 is 4. The predicted octanol–water partition coefficient (Wildman–Crippen LogP) is 7.66. The molecular formula is C53H58FN9O7. The zero-order valence-corrected chi connectivity index (χ0v) is 39.8. The first kappa shape index (κ1) is 48.5. The van der Waals surface area contributed by atoms with Crippen LogP contribution in [0.3, 0.4) is 0 Å². The van der Waals surface area contributed by atoms with E-state index in [0.29, 0.717) is 140 Å². The molecule has 0 aliphatic carbocycles. The third-order valence-corrected chi connectivity index (χ3v) is 13.5. The Morgan fingerprint density at radius 3 is 1.43 bits per heavy atom. The molecular weight excluding hydrogens is 894 g/mol. The summed E-state index contributed by atoms with van der Waals surface area (Å²) in [6.45, 7) is 2.66. The molecule has 0 unspecified atom stereocenters. The standard InChI is InChI=1S/C30H32FN5O3.C23H26N4O4/c1-38-25-16-23-24(17-26(25)39-2)34-29(35-27(23)32)36-14-12-30(13-15-36,18-20-8-10-22(31)11-9-20)28(37)33-19-21-6-4-3-5-7-21;1-30-18-12-16-17(13-19(18)31-2)25-22(26-20(16)24)27-10-8-23(9-11-27,21(28)29)14-15-6-4-3-5-7-15/h3-11,16-17H,12-15,18-19H2,1-2H3,(H,33,37)(H2,32,34,35);3-7,12-13H,8-11,14H2,1-2H3,(H,28,29)(H2,24,25,26). The molecule has 9 rings (SSSR count). The van der Waals surface area contributed by atoms with Crippen molar-refractivity contribution in [1.82, 2.24) is 25.3 Å². The van der Waals surface area contributed by atoms with Gasteiger partial charge in [0.1, 0.15) is 17.5 Å². The van der Waals surface area contributed by atoms with Crippen LogP contribution < -0.4 is 45.5 Å². The normalized spacial score (nSPS) is 15.1. The third kappa shape index (κ3) is 10.5. The van der Waals surface area contributed by atoms with Crippen molar-refractivity contribution >= 4 is 57.2 Å². The Bertz CT molecular complexity index is 2950. The van der Waals surface area contributed by atoms with Gasteiger partial charge in [-0.25, -0.2) is 14.4 Å². The molecule has 4 heterocycles. The summed E-state index contributed by atoms with van der Waals surface area (Å²) in [6.07, 6.45) is 3.19. The highest BCUT2D eigenvalue weighted by molar-refractivity contribution is 5.93. The van der Waals surface area contributed by atoms with E-state index in [1.807, 2.05) is 65.6 Å². The minimum atomic E-state index is -0.795. The quantitative estimate of drug-likeness (QED) is 0.0824. The van der Waals surface area contributed by atoms with Crippen molar-refractivity contribution in [2.75, 3.05) is 75.9 Å². The summed E-state index contributed by atoms with van der Waals surface area (Å²) in [5.74, 6) is 2.87. The molecule has 16 nitrogen and oxygen atoms in total. The fourth-order valence-corrected chi connectivity index (χ4v) is 9.38. The van der Waals surface area contributed by atoms with Gasteiger partial charge in [-0.1, -0.05) is 72.8 Å². The van der Waals surface area contributed by atoms with Crippen molar-refractivity contribution in [3.05, 3.63) is 132 Å². The Balaban J connectivity index is 0.000000193. The molecule has 1 amide bonds. The van der Waals surface area contributed by atoms with Crippen molar-refractivity contribution in [1.29, 1.82) is 0 Å². The second-order valence-electron chi connectivity index (χ2n) is 17.7. The Hall–Kier alpha value is -7.95. The molecule has 2 fully saturated rings. The summed E-state index contributed by atoms with van der Waals surface area (Å²) >= 11 is 0. The number of aliphatic carboxylic acids is 1. The first-order chi connectivity index (χ1) is 33.9. The first-order valence-electron chi connectivity index (χ1n) is 23.1. The Morgan fingerprint density at radius 1 is 0.586 bits per heavy atom. The Labute approximate surface area is 405 Å². The number of fused-ring (bicyclic) bond motifs is 2. The van der Waals surface area contributed by atoms with Crippen LogP contribution in [0.15, 0.2) is 109 Å². The number of carboxylic acids is 1. The van der Waals surface area contributed by atoms with E-state index in [0.717, 1.165) is 16.7 Å². The number of ether oxygens (including phenoxy) is 4. The highest BCUT2D eigenvalue weighted by atomic mass is 19.1. The number of halogens is 1. The highest BCUT2D eigenvalue weighted by Crippen LogP contribution is 2.41. The van der Waals surface area contributed by atoms with E-state index in [4.69, 9.17) is 35.4 Å². The number of rotatable bonds is 14. The number of hydrogen-bond donors (Lipinski definition) is 4. The number of carboxylic acid groups (broad SMARTS) is 1. The largest absolute Gasteiger partial charge is 0.493 e. The number of amides is 1. The third-order valence-electron chi connectivity index (χ3n) is 13.5. The number of benzene rings is 5. The average molecular weight is 952 g/mol. The van der Waals surface area contributed by atoms with E-state index >= 15 is 0 Å². The van der Waals surface area contributed by atoms with Gasteiger partial charge in [-0.3, -0.25) is 9.59 Å². The number of nitrogens with zero attached hydrogens (tertiary/aromatic N) is 6. The number of aromatic nitrogens is 4. The summed E-state index contributed by atoms with van der Waals surface area (Å²) in [5, 5.41) is 14.5. The zero-order chi connectivity index (χ0) is 49.4. The molecule has 70 heavy (non-hydrogen) atoms. The number of nitrogens with one attached hydrogen (secondary N) is 1. The van der Waals surface area contributed by atoms with Crippen LogP contribution in [0.5, 0.6) is 23.0 Å². The molecule has 6 N–H and O–H groups in total. The van der Waals surface area contributed by atoms with Crippen LogP contribution >= 0.6 is 0 Å². The van der Waals surface area contributed by atoms with E-state index < -0.39 is 16.8 Å². The van der Waals surface area contributed by atoms with Gasteiger partial charge in [0.15, 0.2) is 23.0 Å². The van der Waals surface area contributed by atoms with Crippen molar-refractivity contribution in [2.24, 2.45) is 10.8 Å². The Kier molecular flexibility index (Phi) is 14.6. The maximum absolute atomic E-state index is 13.7. The lowest BCUT2D eigenvalue weighted by atomic mass is 9.73. The number of piperidine rings is 2. The SMILES string of the molecule is COc1cc2nc(N3CCC(Cc4ccc(F)cc4)(C(=O)NCc4ccccc4)CC3)nc(N)c2cc1OC.COc1cc2nc(N3CCC(Cc4ccccc4)(C(=O)O)CC3)nc(N)c2cc1OC. The number of carbonyl (C=O) groups excluding carboxylic acids is 1. The van der Waals surface area contributed by atoms with Crippen LogP contribution in [0.4, 0.5) is 27.9 Å². The van der Waals surface area contributed by atoms with Gasteiger partial charge in [0, 0.05) is 55.6 Å². The maximum atomic E-state index is 13.7. The molecule has 0 saturated carbocycles. The molecule has 0 spiro atoms. The smallest absolute Gasteiger partial charge is 0.310 e. The van der Waals surface area contributed by atoms with Gasteiger partial charge in [0.25, 0.3) is 0 Å². The van der Waals surface area contributed by atoms with Crippen molar-refractivity contribution in [3.8, 4) is 23.0 Å². The van der Waals surface area contributed by atoms with E-state index in [-0.39, 0.29) is 11.7 Å². The van der Waals surface area contributed by atoms with Crippen LogP contribution in [-0.4, -0.2) is 91.5 Å². The van der Waals surface area contributed by atoms with Gasteiger partial charge in [0.05, 0.1) is 50.3 Å². The molecule has 5 aromatic carbocycles. The van der Waals surface area contributed by atoms with Gasteiger partial charge in [0.2, 0.25) is 17.8 Å². The minimum absolute atomic E-state index is 0.00824. The van der Waals surface area contributed by atoms with Gasteiger partial charge in [-0.05, 0) is 79.5 Å². The van der Waals surface area contributed by atoms with Crippen LogP contribution in [0.2, 0.25) is 0 Å². The highest BCUT2D eigenvalue weighted by Gasteiger charge is 2.43. The number of hydrogen-bond acceptors (Lipinski definition) is 14. The van der Waals surface area contributed by atoms with Crippen LogP contribution in [0.1, 0.15) is 42.4 Å². The van der Waals surface area contributed by atoms with Gasteiger partial charge >= 0.3 is 5.97 Å². The molecule has 2 aliphatic rings. The molecule has 2 aliphatic heterocycles. The molecule has 0 bridgehead atoms. The second kappa shape index (κ2) is 21.1. The maximum Gasteiger partial charge on any atom is 0.310 e. The van der Waals surface area contributed by atoms with Gasteiger partial charge in [-0.2, -0.15) is 9.97 Å². The van der Waals surface area contributed by atoms with Crippen LogP contribution in [0.25, 0.3) is 21.8 Å². The fourth-order valence-electron chi connectivity index (χ4n) is 9.38. The van der Waals surface area contributed by atoms with Crippen LogP contribution in [0, 0.1) is 16.6 Å². The first-order valence-corrected chi connectivity index (χ1v) is 23.1. The summed E-state index contributed by atoms with van der Waals surface area (Å²) in [4.78, 5) is 48.4. The van der Waals surface area contributed by atoms with E-state index in [9.17, 15) is 19.1 Å². The van der Waals surface area contributed by atoms with E-state index in [1.165, 1.54) is 12.1 Å². The zero-order valence-electron chi connectivity index (χ0n) is 39.8. The molecule has 7 aromatic rings. The fraction of sp³-hybridized carbons (Fsp3) is 0.321. The molecule has 2 aromatic heterocycles. The van der Waals surface area contributed by atoms with Gasteiger partial charge in [-0.15, -0.1) is 0 Å². The lowest BCUT2D eigenvalue weighted by Crippen LogP contribution is -2.50. The summed E-state index contributed by atoms with van der Waals surface area (Å²) in [5.41, 5.74) is 15.4. The number of nitrogen functional groups attached to an aromatic ring is 2. The number of carbonyl (C=O) groups is 2. The summed E-state index contributed by atoms with van der Waals surface area (Å²) in [6, 6.07) is 33.1. The summed E-state index contributed by atoms with van der Waals surface area (Å²) < 4.78 is 35.1. The van der Waals surface area contributed by atoms with Crippen LogP contribution in [-0.2, 0) is 29.0 Å². The predicted molar refractivity (Wildman–Crippen MR) is 268 cm³/mol. The van der Waals surface area contributed by atoms with Gasteiger partial charge < -0.3 is 50.6 Å². The molecule has 0 atom stereocenters. The molecule has 17 heteroatoms. The topological polar surface area (TPSA) is 213 Å².